The molecule has 2 aromatic heterocycles. The minimum Gasteiger partial charge on any atom is -0.481 e. The van der Waals surface area contributed by atoms with Gasteiger partial charge in [0.15, 0.2) is 5.65 Å². The normalized spacial score (nSPS) is 11.1. The standard InChI is InChI=1S/C15H21N3O2/c1-3-6-13-17-12-9-11(2)10-16-15(12)18(13)8-5-4-7-14(19)20/h9-10H,3-8H2,1-2H3,(H,19,20). The van der Waals surface area contributed by atoms with E-state index in [1.165, 1.54) is 0 Å². The van der Waals surface area contributed by atoms with Crippen LogP contribution in [0.4, 0.5) is 0 Å². The van der Waals surface area contributed by atoms with E-state index in [1.807, 2.05) is 13.1 Å². The molecule has 0 spiro atoms. The van der Waals surface area contributed by atoms with E-state index in [2.05, 4.69) is 27.5 Å². The number of aromatic nitrogens is 3. The molecular weight excluding hydrogens is 254 g/mol. The lowest BCUT2D eigenvalue weighted by molar-refractivity contribution is -0.137. The third-order valence-electron chi connectivity index (χ3n) is 3.30. The molecule has 2 heterocycles. The molecule has 5 nitrogen and oxygen atoms in total. The molecular formula is C15H21N3O2. The van der Waals surface area contributed by atoms with E-state index in [1.54, 1.807) is 0 Å². The van der Waals surface area contributed by atoms with Gasteiger partial charge in [-0.2, -0.15) is 0 Å². The van der Waals surface area contributed by atoms with Gasteiger partial charge in [-0.05, 0) is 37.8 Å². The molecule has 0 unspecified atom stereocenters. The van der Waals surface area contributed by atoms with E-state index < -0.39 is 5.97 Å². The average Bonchev–Trinajstić information content (AvgIpc) is 2.72. The number of hydrogen-bond donors (Lipinski definition) is 1. The molecule has 0 aliphatic rings. The van der Waals surface area contributed by atoms with Crippen LogP contribution >= 0.6 is 0 Å². The van der Waals surface area contributed by atoms with Gasteiger partial charge in [0.25, 0.3) is 0 Å². The summed E-state index contributed by atoms with van der Waals surface area (Å²) in [4.78, 5) is 19.7. The molecule has 0 amide bonds. The number of imidazole rings is 1. The predicted molar refractivity (Wildman–Crippen MR) is 77.7 cm³/mol. The summed E-state index contributed by atoms with van der Waals surface area (Å²) in [5.74, 6) is 0.318. The number of aryl methyl sites for hydroxylation is 3. The van der Waals surface area contributed by atoms with Gasteiger partial charge in [0.05, 0.1) is 0 Å². The first-order valence-electron chi connectivity index (χ1n) is 7.15. The van der Waals surface area contributed by atoms with Crippen molar-refractivity contribution in [3.8, 4) is 0 Å². The number of carbonyl (C=O) groups is 1. The van der Waals surface area contributed by atoms with Crippen molar-refractivity contribution in [3.63, 3.8) is 0 Å². The number of carboxylic acids is 1. The Bertz CT molecular complexity index is 604. The first-order chi connectivity index (χ1) is 9.61. The Hall–Kier alpha value is -1.91. The molecule has 0 atom stereocenters. The maximum atomic E-state index is 10.5. The molecule has 0 aliphatic heterocycles. The molecule has 0 saturated heterocycles. The lowest BCUT2D eigenvalue weighted by Crippen LogP contribution is -2.05. The Morgan fingerprint density at radius 1 is 1.40 bits per heavy atom. The summed E-state index contributed by atoms with van der Waals surface area (Å²) in [6.07, 6.45) is 5.57. The largest absolute Gasteiger partial charge is 0.481 e. The molecule has 0 fully saturated rings. The number of pyridine rings is 1. The first kappa shape index (κ1) is 14.5. The third kappa shape index (κ3) is 3.35. The highest BCUT2D eigenvalue weighted by molar-refractivity contribution is 5.72. The van der Waals surface area contributed by atoms with Crippen molar-refractivity contribution in [2.24, 2.45) is 0 Å². The number of carboxylic acid groups (broad SMARTS) is 1. The van der Waals surface area contributed by atoms with Crippen LogP contribution < -0.4 is 0 Å². The zero-order valence-electron chi connectivity index (χ0n) is 12.1. The summed E-state index contributed by atoms with van der Waals surface area (Å²) in [5.41, 5.74) is 2.96. The van der Waals surface area contributed by atoms with Gasteiger partial charge in [0.2, 0.25) is 0 Å². The second-order valence-corrected chi connectivity index (χ2v) is 5.14. The van der Waals surface area contributed by atoms with E-state index >= 15 is 0 Å². The van der Waals surface area contributed by atoms with Gasteiger partial charge in [-0.15, -0.1) is 0 Å². The van der Waals surface area contributed by atoms with Crippen LogP contribution in [0.2, 0.25) is 0 Å². The van der Waals surface area contributed by atoms with E-state index in [0.29, 0.717) is 6.42 Å². The SMILES string of the molecule is CCCc1nc2cc(C)cnc2n1CCCCC(=O)O. The Kier molecular flexibility index (Phi) is 4.71. The van der Waals surface area contributed by atoms with Gasteiger partial charge in [-0.25, -0.2) is 9.97 Å². The molecule has 20 heavy (non-hydrogen) atoms. The van der Waals surface area contributed by atoms with Crippen LogP contribution in [-0.4, -0.2) is 25.6 Å². The highest BCUT2D eigenvalue weighted by Crippen LogP contribution is 2.17. The fraction of sp³-hybridized carbons (Fsp3) is 0.533. The molecule has 0 aromatic carbocycles. The number of hydrogen-bond acceptors (Lipinski definition) is 3. The summed E-state index contributed by atoms with van der Waals surface area (Å²) in [7, 11) is 0. The number of aliphatic carboxylic acids is 1. The Morgan fingerprint density at radius 2 is 2.20 bits per heavy atom. The monoisotopic (exact) mass is 275 g/mol. The van der Waals surface area contributed by atoms with Crippen LogP contribution in [0.5, 0.6) is 0 Å². The van der Waals surface area contributed by atoms with Crippen LogP contribution in [0.3, 0.4) is 0 Å². The molecule has 0 bridgehead atoms. The average molecular weight is 275 g/mol. The number of fused-ring (bicyclic) bond motifs is 1. The lowest BCUT2D eigenvalue weighted by atomic mass is 10.2. The van der Waals surface area contributed by atoms with E-state index in [0.717, 1.165) is 48.4 Å². The summed E-state index contributed by atoms with van der Waals surface area (Å²) in [5, 5.41) is 8.68. The molecule has 0 saturated carbocycles. The van der Waals surface area contributed by atoms with Crippen molar-refractivity contribution < 1.29 is 9.90 Å². The fourth-order valence-electron chi connectivity index (χ4n) is 2.35. The third-order valence-corrected chi connectivity index (χ3v) is 3.30. The van der Waals surface area contributed by atoms with E-state index in [-0.39, 0.29) is 6.42 Å². The van der Waals surface area contributed by atoms with Gasteiger partial charge >= 0.3 is 5.97 Å². The van der Waals surface area contributed by atoms with Crippen molar-refractivity contribution >= 4 is 17.1 Å². The number of unbranched alkanes of at least 4 members (excludes halogenated alkanes) is 1. The summed E-state index contributed by atoms with van der Waals surface area (Å²) >= 11 is 0. The predicted octanol–water partition coefficient (Wildman–Crippen LogP) is 2.95. The minimum atomic E-state index is -0.733. The van der Waals surface area contributed by atoms with Crippen molar-refractivity contribution in [1.82, 2.24) is 14.5 Å². The van der Waals surface area contributed by atoms with Gasteiger partial charge in [-0.1, -0.05) is 6.92 Å². The molecule has 108 valence electrons. The summed E-state index contributed by atoms with van der Waals surface area (Å²) < 4.78 is 2.14. The number of rotatable bonds is 7. The molecule has 5 heteroatoms. The highest BCUT2D eigenvalue weighted by atomic mass is 16.4. The van der Waals surface area contributed by atoms with Crippen molar-refractivity contribution in [3.05, 3.63) is 23.7 Å². The van der Waals surface area contributed by atoms with Crippen LogP contribution in [0.1, 0.15) is 44.0 Å². The Morgan fingerprint density at radius 3 is 2.90 bits per heavy atom. The molecule has 1 N–H and O–H groups in total. The van der Waals surface area contributed by atoms with Crippen molar-refractivity contribution in [2.75, 3.05) is 0 Å². The van der Waals surface area contributed by atoms with Gasteiger partial charge in [0, 0.05) is 25.6 Å². The van der Waals surface area contributed by atoms with Gasteiger partial charge < -0.3 is 9.67 Å². The summed E-state index contributed by atoms with van der Waals surface area (Å²) in [6.45, 7) is 4.93. The Labute approximate surface area is 118 Å². The Balaban J connectivity index is 2.19. The maximum absolute atomic E-state index is 10.5. The summed E-state index contributed by atoms with van der Waals surface area (Å²) in [6, 6.07) is 2.05. The zero-order chi connectivity index (χ0) is 14.5. The van der Waals surface area contributed by atoms with Gasteiger partial charge in [0.1, 0.15) is 11.3 Å². The fourth-order valence-corrected chi connectivity index (χ4v) is 2.35. The minimum absolute atomic E-state index is 0.224. The lowest BCUT2D eigenvalue weighted by Gasteiger charge is -2.07. The second-order valence-electron chi connectivity index (χ2n) is 5.14. The maximum Gasteiger partial charge on any atom is 0.303 e. The topological polar surface area (TPSA) is 68.0 Å². The molecule has 2 aromatic rings. The molecule has 0 aliphatic carbocycles. The quantitative estimate of drug-likeness (QED) is 0.789. The number of nitrogens with zero attached hydrogens (tertiary/aromatic N) is 3. The highest BCUT2D eigenvalue weighted by Gasteiger charge is 2.11. The van der Waals surface area contributed by atoms with Crippen LogP contribution in [-0.2, 0) is 17.8 Å². The first-order valence-corrected chi connectivity index (χ1v) is 7.15. The van der Waals surface area contributed by atoms with Crippen LogP contribution in [0.15, 0.2) is 12.3 Å². The van der Waals surface area contributed by atoms with Gasteiger partial charge in [-0.3, -0.25) is 4.79 Å². The van der Waals surface area contributed by atoms with E-state index in [4.69, 9.17) is 5.11 Å². The van der Waals surface area contributed by atoms with Crippen LogP contribution in [0.25, 0.3) is 11.2 Å². The van der Waals surface area contributed by atoms with E-state index in [9.17, 15) is 4.79 Å². The smallest absolute Gasteiger partial charge is 0.303 e. The second kappa shape index (κ2) is 6.50. The molecule has 2 rings (SSSR count). The zero-order valence-corrected chi connectivity index (χ0v) is 12.1. The molecule has 0 radical (unpaired) electrons. The van der Waals surface area contributed by atoms with Crippen LogP contribution in [0, 0.1) is 6.92 Å². The van der Waals surface area contributed by atoms with Crippen molar-refractivity contribution in [2.45, 2.75) is 52.5 Å². The van der Waals surface area contributed by atoms with Crippen molar-refractivity contribution in [1.29, 1.82) is 0 Å².